The van der Waals surface area contributed by atoms with E-state index in [9.17, 15) is 9.59 Å². The minimum atomic E-state index is -0.855. The quantitative estimate of drug-likeness (QED) is 0.378. The lowest BCUT2D eigenvalue weighted by molar-refractivity contribution is -0.145. The number of ether oxygens (including phenoxy) is 1. The first-order valence-electron chi connectivity index (χ1n) is 8.40. The van der Waals surface area contributed by atoms with Gasteiger partial charge in [0.05, 0.1) is 17.0 Å². The van der Waals surface area contributed by atoms with Gasteiger partial charge in [0.2, 0.25) is 5.78 Å². The Morgan fingerprint density at radius 3 is 2.85 bits per heavy atom. The Bertz CT molecular complexity index is 1100. The standard InChI is InChI=1S/C20H16N2O3S2/c1-12(19(24)15-10-21-16-6-3-2-5-14(15)16)25-18(23)9-13-11-27-20(22-13)17-7-4-8-26-17/h2-8,10-12,21H,9H2,1H3. The fraction of sp³-hybridized carbons (Fsp3) is 0.150. The van der Waals surface area contributed by atoms with Crippen LogP contribution in [0.2, 0.25) is 0 Å². The number of hydrogen-bond donors (Lipinski definition) is 1. The zero-order valence-corrected chi connectivity index (χ0v) is 16.1. The number of nitrogens with one attached hydrogen (secondary N) is 1. The number of nitrogens with zero attached hydrogens (tertiary/aromatic N) is 1. The number of benzene rings is 1. The molecule has 0 radical (unpaired) electrons. The summed E-state index contributed by atoms with van der Waals surface area (Å²) in [5.74, 6) is -0.683. The molecule has 1 unspecified atom stereocenters. The molecule has 27 heavy (non-hydrogen) atoms. The molecule has 7 heteroatoms. The minimum absolute atomic E-state index is 0.0490. The molecule has 1 aromatic carbocycles. The van der Waals surface area contributed by atoms with Crippen molar-refractivity contribution in [3.63, 3.8) is 0 Å². The summed E-state index contributed by atoms with van der Waals surface area (Å²) in [7, 11) is 0. The molecule has 4 aromatic rings. The van der Waals surface area contributed by atoms with E-state index in [1.54, 1.807) is 24.5 Å². The second-order valence-electron chi connectivity index (χ2n) is 6.04. The molecule has 0 amide bonds. The number of carbonyl (C=O) groups excluding carboxylic acids is 2. The fourth-order valence-electron chi connectivity index (χ4n) is 2.84. The van der Waals surface area contributed by atoms with Gasteiger partial charge < -0.3 is 9.72 Å². The SMILES string of the molecule is CC(OC(=O)Cc1csc(-c2cccs2)n1)C(=O)c1c[nH]c2ccccc12. The van der Waals surface area contributed by atoms with E-state index in [0.717, 1.165) is 20.8 Å². The van der Waals surface area contributed by atoms with Crippen LogP contribution in [0.3, 0.4) is 0 Å². The molecule has 136 valence electrons. The first-order valence-corrected chi connectivity index (χ1v) is 10.2. The van der Waals surface area contributed by atoms with Gasteiger partial charge in [-0.15, -0.1) is 22.7 Å². The third-order valence-electron chi connectivity index (χ3n) is 4.14. The first-order chi connectivity index (χ1) is 13.1. The predicted molar refractivity (Wildman–Crippen MR) is 107 cm³/mol. The lowest BCUT2D eigenvalue weighted by Gasteiger charge is -2.11. The molecule has 1 N–H and O–H groups in total. The van der Waals surface area contributed by atoms with Crippen molar-refractivity contribution in [3.05, 3.63) is 64.6 Å². The van der Waals surface area contributed by atoms with E-state index in [0.29, 0.717) is 11.3 Å². The average molecular weight is 396 g/mol. The minimum Gasteiger partial charge on any atom is -0.454 e. The van der Waals surface area contributed by atoms with Crippen LogP contribution in [0.1, 0.15) is 23.0 Å². The van der Waals surface area contributed by atoms with Crippen molar-refractivity contribution in [1.29, 1.82) is 0 Å². The average Bonchev–Trinajstić information content (AvgIpc) is 3.40. The summed E-state index contributed by atoms with van der Waals surface area (Å²) in [6.45, 7) is 1.60. The molecular weight excluding hydrogens is 380 g/mol. The molecule has 3 heterocycles. The van der Waals surface area contributed by atoms with E-state index < -0.39 is 12.1 Å². The number of hydrogen-bond acceptors (Lipinski definition) is 6. The predicted octanol–water partition coefficient (Wildman–Crippen LogP) is 4.71. The number of carbonyl (C=O) groups is 2. The van der Waals surface area contributed by atoms with E-state index in [1.807, 2.05) is 47.2 Å². The topological polar surface area (TPSA) is 72.0 Å². The number of rotatable bonds is 6. The number of para-hydroxylation sites is 1. The summed E-state index contributed by atoms with van der Waals surface area (Å²) in [4.78, 5) is 33.5. The molecule has 5 nitrogen and oxygen atoms in total. The van der Waals surface area contributed by atoms with Crippen LogP contribution in [-0.4, -0.2) is 27.8 Å². The van der Waals surface area contributed by atoms with Crippen molar-refractivity contribution in [2.75, 3.05) is 0 Å². The Kier molecular flexibility index (Phi) is 4.87. The molecule has 0 aliphatic rings. The Morgan fingerprint density at radius 1 is 1.19 bits per heavy atom. The van der Waals surface area contributed by atoms with E-state index in [-0.39, 0.29) is 12.2 Å². The van der Waals surface area contributed by atoms with Crippen molar-refractivity contribution < 1.29 is 14.3 Å². The third-order valence-corrected chi connectivity index (χ3v) is 6.07. The summed E-state index contributed by atoms with van der Waals surface area (Å²) >= 11 is 3.10. The van der Waals surface area contributed by atoms with E-state index >= 15 is 0 Å². The van der Waals surface area contributed by atoms with Crippen LogP contribution in [0.25, 0.3) is 20.8 Å². The van der Waals surface area contributed by atoms with Crippen molar-refractivity contribution >= 4 is 45.3 Å². The lowest BCUT2D eigenvalue weighted by atomic mass is 10.1. The van der Waals surface area contributed by atoms with Gasteiger partial charge in [-0.1, -0.05) is 24.3 Å². The number of H-pyrrole nitrogens is 1. The Balaban J connectivity index is 1.41. The third kappa shape index (κ3) is 3.70. The zero-order chi connectivity index (χ0) is 18.8. The van der Waals surface area contributed by atoms with Crippen LogP contribution in [0, 0.1) is 0 Å². The number of Topliss-reactive ketones (excluding diaryl/α,β-unsaturated/α-hetero) is 1. The molecular formula is C20H16N2O3S2. The highest BCUT2D eigenvalue weighted by molar-refractivity contribution is 7.20. The largest absolute Gasteiger partial charge is 0.454 e. The van der Waals surface area contributed by atoms with Crippen LogP contribution in [-0.2, 0) is 16.0 Å². The van der Waals surface area contributed by atoms with Crippen LogP contribution >= 0.6 is 22.7 Å². The van der Waals surface area contributed by atoms with Crippen LogP contribution in [0.5, 0.6) is 0 Å². The second kappa shape index (κ2) is 7.46. The number of thiazole rings is 1. The van der Waals surface area contributed by atoms with Gasteiger partial charge in [-0.3, -0.25) is 9.59 Å². The molecule has 0 bridgehead atoms. The molecule has 1 atom stereocenters. The number of esters is 1. The molecule has 3 aromatic heterocycles. The molecule has 0 saturated heterocycles. The van der Waals surface area contributed by atoms with Crippen molar-refractivity contribution in [3.8, 4) is 9.88 Å². The van der Waals surface area contributed by atoms with Gasteiger partial charge in [-0.05, 0) is 24.4 Å². The summed E-state index contributed by atoms with van der Waals surface area (Å²) < 4.78 is 5.35. The summed E-state index contributed by atoms with van der Waals surface area (Å²) in [6, 6.07) is 11.5. The van der Waals surface area contributed by atoms with Crippen molar-refractivity contribution in [2.45, 2.75) is 19.4 Å². The number of aromatic amines is 1. The fourth-order valence-corrected chi connectivity index (χ4v) is 4.47. The molecule has 0 fully saturated rings. The number of ketones is 1. The number of aromatic nitrogens is 2. The zero-order valence-electron chi connectivity index (χ0n) is 14.5. The first kappa shape index (κ1) is 17.6. The van der Waals surface area contributed by atoms with Crippen molar-refractivity contribution in [1.82, 2.24) is 9.97 Å². The van der Waals surface area contributed by atoms with E-state index in [2.05, 4.69) is 9.97 Å². The van der Waals surface area contributed by atoms with Crippen LogP contribution in [0.4, 0.5) is 0 Å². The normalized spacial score (nSPS) is 12.2. The van der Waals surface area contributed by atoms with Crippen LogP contribution in [0.15, 0.2) is 53.4 Å². The Morgan fingerprint density at radius 2 is 2.04 bits per heavy atom. The molecule has 0 spiro atoms. The van der Waals surface area contributed by atoms with Crippen LogP contribution < -0.4 is 0 Å². The van der Waals surface area contributed by atoms with Gasteiger partial charge in [-0.2, -0.15) is 0 Å². The van der Waals surface area contributed by atoms with Gasteiger partial charge >= 0.3 is 5.97 Å². The highest BCUT2D eigenvalue weighted by Crippen LogP contribution is 2.28. The molecule has 4 rings (SSSR count). The molecule has 0 aliphatic heterocycles. The van der Waals surface area contributed by atoms with Gasteiger partial charge in [0.25, 0.3) is 0 Å². The highest BCUT2D eigenvalue weighted by atomic mass is 32.1. The lowest BCUT2D eigenvalue weighted by Crippen LogP contribution is -2.25. The summed E-state index contributed by atoms with van der Waals surface area (Å²) in [5.41, 5.74) is 2.06. The van der Waals surface area contributed by atoms with E-state index in [4.69, 9.17) is 4.74 Å². The van der Waals surface area contributed by atoms with E-state index in [1.165, 1.54) is 11.3 Å². The summed E-state index contributed by atoms with van der Waals surface area (Å²) in [6.07, 6.45) is 0.852. The maximum atomic E-state index is 12.7. The molecule has 0 saturated carbocycles. The molecule has 0 aliphatic carbocycles. The maximum Gasteiger partial charge on any atom is 0.312 e. The van der Waals surface area contributed by atoms with Gasteiger partial charge in [0, 0.05) is 28.0 Å². The highest BCUT2D eigenvalue weighted by Gasteiger charge is 2.22. The smallest absolute Gasteiger partial charge is 0.312 e. The maximum absolute atomic E-state index is 12.7. The Hall–Kier alpha value is -2.77. The van der Waals surface area contributed by atoms with Gasteiger partial charge in [0.15, 0.2) is 6.10 Å². The number of thiophene rings is 1. The van der Waals surface area contributed by atoms with Crippen molar-refractivity contribution in [2.24, 2.45) is 0 Å². The number of fused-ring (bicyclic) bond motifs is 1. The second-order valence-corrected chi connectivity index (χ2v) is 7.85. The van der Waals surface area contributed by atoms with Gasteiger partial charge in [-0.25, -0.2) is 4.98 Å². The summed E-state index contributed by atoms with van der Waals surface area (Å²) in [5, 5.41) is 5.55. The van der Waals surface area contributed by atoms with Gasteiger partial charge in [0.1, 0.15) is 5.01 Å². The monoisotopic (exact) mass is 396 g/mol. The Labute approximate surface area is 163 Å².